The van der Waals surface area contributed by atoms with Gasteiger partial charge in [0.1, 0.15) is 23.4 Å². The summed E-state index contributed by atoms with van der Waals surface area (Å²) in [6.45, 7) is 6.85. The lowest BCUT2D eigenvalue weighted by molar-refractivity contribution is -0.385. The Bertz CT molecular complexity index is 1750. The zero-order valence-electron chi connectivity index (χ0n) is 25.4. The molecule has 3 aromatic rings. The first kappa shape index (κ1) is 33.4. The Hall–Kier alpha value is -4.46. The molecule has 1 heterocycles. The molecule has 0 bridgehead atoms. The van der Waals surface area contributed by atoms with Crippen molar-refractivity contribution in [1.82, 2.24) is 0 Å². The van der Waals surface area contributed by atoms with Gasteiger partial charge < -0.3 is 23.7 Å². The first-order valence-electron chi connectivity index (χ1n) is 13.7. The number of benzene rings is 3. The highest BCUT2D eigenvalue weighted by Crippen LogP contribution is 2.44. The molecular formula is C31H33F3N2O8S. The molecule has 0 amide bonds. The number of anilines is 1. The van der Waals surface area contributed by atoms with E-state index >= 15 is 0 Å². The zero-order valence-corrected chi connectivity index (χ0v) is 26.3. The first-order chi connectivity index (χ1) is 20.9. The van der Waals surface area contributed by atoms with E-state index in [1.54, 1.807) is 0 Å². The lowest BCUT2D eigenvalue weighted by Gasteiger charge is -2.33. The summed E-state index contributed by atoms with van der Waals surface area (Å²) in [7, 11) is -1.83. The summed E-state index contributed by atoms with van der Waals surface area (Å²) >= 11 is 0. The van der Waals surface area contributed by atoms with Gasteiger partial charge in [-0.05, 0) is 63.1 Å². The number of hydrogen-bond donors (Lipinski definition) is 1. The normalized spacial score (nSPS) is 14.8. The van der Waals surface area contributed by atoms with Gasteiger partial charge in [0, 0.05) is 34.5 Å². The molecule has 0 spiro atoms. The van der Waals surface area contributed by atoms with E-state index < -0.39 is 32.9 Å². The Morgan fingerprint density at radius 2 is 1.64 bits per heavy atom. The van der Waals surface area contributed by atoms with Gasteiger partial charge in [0.25, 0.3) is 5.69 Å². The van der Waals surface area contributed by atoms with Crippen LogP contribution in [0, 0.1) is 10.1 Å². The van der Waals surface area contributed by atoms with Crippen LogP contribution < -0.4 is 23.7 Å². The van der Waals surface area contributed by atoms with Crippen LogP contribution in [0.3, 0.4) is 0 Å². The SMILES string of the molecule is COc1ccc([N+](=O)[O-])cc1OCc1c(-c2ccc(OS(=O)(=O)C(C)CC(F)(F)F)cc2OC)ccc2c1C(C)=CC(C)(C)N2. The summed E-state index contributed by atoms with van der Waals surface area (Å²) in [6.07, 6.45) is -4.19. The van der Waals surface area contributed by atoms with Crippen molar-refractivity contribution < 1.29 is 44.9 Å². The Kier molecular flexibility index (Phi) is 9.29. The van der Waals surface area contributed by atoms with Crippen molar-refractivity contribution in [1.29, 1.82) is 0 Å². The fraction of sp³-hybridized carbons (Fsp3) is 0.355. The van der Waals surface area contributed by atoms with Crippen LogP contribution in [0.2, 0.25) is 0 Å². The van der Waals surface area contributed by atoms with Gasteiger partial charge >= 0.3 is 16.3 Å². The largest absolute Gasteiger partial charge is 0.496 e. The monoisotopic (exact) mass is 650 g/mol. The minimum absolute atomic E-state index is 0.0614. The number of alkyl halides is 3. The lowest BCUT2D eigenvalue weighted by Crippen LogP contribution is -2.32. The van der Waals surface area contributed by atoms with Crippen LogP contribution in [0.1, 0.15) is 45.2 Å². The van der Waals surface area contributed by atoms with Crippen LogP contribution in [0.25, 0.3) is 16.7 Å². The topological polar surface area (TPSA) is 126 Å². The number of allylic oxidation sites excluding steroid dienone is 1. The van der Waals surface area contributed by atoms with E-state index in [2.05, 4.69) is 11.4 Å². The lowest BCUT2D eigenvalue weighted by atomic mass is 9.85. The van der Waals surface area contributed by atoms with Crippen molar-refractivity contribution in [2.24, 2.45) is 0 Å². The molecule has 45 heavy (non-hydrogen) atoms. The number of non-ortho nitro benzene ring substituents is 1. The standard InChI is InChI=1S/C31H33F3N2O8S/c1-18-15-30(3,4)35-25-11-10-22(24(29(18)25)17-43-28-13-20(36(37)38)7-12-26(28)41-5)23-9-8-21(14-27(23)42-6)44-45(39,40)19(2)16-31(32,33)34/h7-15,19,35H,16-17H2,1-6H3. The second-order valence-corrected chi connectivity index (χ2v) is 13.1. The van der Waals surface area contributed by atoms with Crippen LogP contribution in [-0.2, 0) is 16.7 Å². The third kappa shape index (κ3) is 7.62. The molecule has 1 atom stereocenters. The fourth-order valence-electron chi connectivity index (χ4n) is 5.23. The summed E-state index contributed by atoms with van der Waals surface area (Å²) in [5, 5.41) is 13.1. The zero-order chi connectivity index (χ0) is 33.3. The number of nitro benzene ring substituents is 1. The Morgan fingerprint density at radius 3 is 2.27 bits per heavy atom. The number of nitrogens with one attached hydrogen (secondary N) is 1. The van der Waals surface area contributed by atoms with Crippen molar-refractivity contribution in [2.75, 3.05) is 19.5 Å². The number of ether oxygens (including phenoxy) is 3. The summed E-state index contributed by atoms with van der Waals surface area (Å²) in [5.74, 6) is 0.403. The minimum atomic E-state index is -4.69. The molecule has 242 valence electrons. The molecule has 0 fully saturated rings. The Balaban J connectivity index is 1.80. The average molecular weight is 651 g/mol. The fourth-order valence-corrected chi connectivity index (χ4v) is 6.16. The molecule has 14 heteroatoms. The molecule has 4 rings (SSSR count). The first-order valence-corrected chi connectivity index (χ1v) is 15.2. The number of fused-ring (bicyclic) bond motifs is 1. The quantitative estimate of drug-likeness (QED) is 0.127. The highest BCUT2D eigenvalue weighted by molar-refractivity contribution is 7.87. The van der Waals surface area contributed by atoms with Crippen molar-refractivity contribution in [2.45, 2.75) is 57.7 Å². The molecule has 0 aromatic heterocycles. The molecule has 3 aromatic carbocycles. The molecule has 1 unspecified atom stereocenters. The Morgan fingerprint density at radius 1 is 0.978 bits per heavy atom. The summed E-state index contributed by atoms with van der Waals surface area (Å²) in [6, 6.07) is 11.9. The molecule has 1 aliphatic heterocycles. The number of halogens is 3. The molecule has 0 saturated heterocycles. The van der Waals surface area contributed by atoms with E-state index in [4.69, 9.17) is 18.4 Å². The van der Waals surface area contributed by atoms with Crippen LogP contribution in [0.4, 0.5) is 24.5 Å². The number of methoxy groups -OCH3 is 2. The van der Waals surface area contributed by atoms with E-state index in [1.165, 1.54) is 50.6 Å². The van der Waals surface area contributed by atoms with E-state index in [9.17, 15) is 31.7 Å². The van der Waals surface area contributed by atoms with Crippen LogP contribution >= 0.6 is 0 Å². The van der Waals surface area contributed by atoms with E-state index in [0.29, 0.717) is 22.4 Å². The predicted octanol–water partition coefficient (Wildman–Crippen LogP) is 7.51. The predicted molar refractivity (Wildman–Crippen MR) is 163 cm³/mol. The molecule has 0 saturated carbocycles. The molecule has 1 aliphatic rings. The van der Waals surface area contributed by atoms with Crippen molar-refractivity contribution in [3.05, 3.63) is 75.8 Å². The summed E-state index contributed by atoms with van der Waals surface area (Å²) in [5.41, 5.74) is 3.85. The number of hydrogen-bond acceptors (Lipinski definition) is 9. The van der Waals surface area contributed by atoms with Gasteiger partial charge in [-0.1, -0.05) is 12.1 Å². The average Bonchev–Trinajstić information content (AvgIpc) is 2.93. The van der Waals surface area contributed by atoms with Crippen molar-refractivity contribution in [3.8, 4) is 34.1 Å². The van der Waals surface area contributed by atoms with E-state index in [1.807, 2.05) is 32.9 Å². The minimum Gasteiger partial charge on any atom is -0.496 e. The van der Waals surface area contributed by atoms with Gasteiger partial charge in [-0.25, -0.2) is 0 Å². The van der Waals surface area contributed by atoms with Crippen LogP contribution in [0.15, 0.2) is 54.6 Å². The molecule has 10 nitrogen and oxygen atoms in total. The summed E-state index contributed by atoms with van der Waals surface area (Å²) < 4.78 is 85.7. The maximum atomic E-state index is 12.8. The van der Waals surface area contributed by atoms with Gasteiger partial charge in [0.05, 0.1) is 37.2 Å². The maximum absolute atomic E-state index is 12.8. The maximum Gasteiger partial charge on any atom is 0.390 e. The van der Waals surface area contributed by atoms with Gasteiger partial charge in [-0.15, -0.1) is 0 Å². The number of nitrogens with zero attached hydrogens (tertiary/aromatic N) is 1. The number of rotatable bonds is 11. The van der Waals surface area contributed by atoms with Crippen molar-refractivity contribution in [3.63, 3.8) is 0 Å². The molecule has 0 radical (unpaired) electrons. The van der Waals surface area contributed by atoms with Crippen molar-refractivity contribution >= 4 is 27.1 Å². The summed E-state index contributed by atoms with van der Waals surface area (Å²) in [4.78, 5) is 10.9. The van der Waals surface area contributed by atoms with Crippen LogP contribution in [0.5, 0.6) is 23.0 Å². The highest BCUT2D eigenvalue weighted by Gasteiger charge is 2.37. The van der Waals surface area contributed by atoms with Gasteiger partial charge in [0.2, 0.25) is 0 Å². The van der Waals surface area contributed by atoms with E-state index in [-0.39, 0.29) is 35.1 Å². The molecular weight excluding hydrogens is 617 g/mol. The molecule has 0 aliphatic carbocycles. The van der Waals surface area contributed by atoms with Gasteiger partial charge in [0.15, 0.2) is 11.5 Å². The third-order valence-corrected chi connectivity index (χ3v) is 8.74. The highest BCUT2D eigenvalue weighted by atomic mass is 32.2. The number of nitro groups is 1. The second-order valence-electron chi connectivity index (χ2n) is 11.1. The second kappa shape index (κ2) is 12.5. The van der Waals surface area contributed by atoms with Gasteiger partial charge in [-0.2, -0.15) is 21.6 Å². The smallest absolute Gasteiger partial charge is 0.390 e. The molecule has 1 N–H and O–H groups in total. The third-order valence-electron chi connectivity index (χ3n) is 7.16. The van der Waals surface area contributed by atoms with E-state index in [0.717, 1.165) is 23.7 Å². The van der Waals surface area contributed by atoms with Gasteiger partial charge in [-0.3, -0.25) is 10.1 Å². The van der Waals surface area contributed by atoms with Crippen LogP contribution in [-0.4, -0.2) is 44.5 Å². The Labute approximate surface area is 259 Å².